The van der Waals surface area contributed by atoms with E-state index in [1.54, 1.807) is 18.3 Å². The summed E-state index contributed by atoms with van der Waals surface area (Å²) < 4.78 is 1.83. The predicted octanol–water partition coefficient (Wildman–Crippen LogP) is 11.3. The number of hydrogen-bond acceptors (Lipinski definition) is 9. The molecule has 0 spiro atoms. The highest BCUT2D eigenvalue weighted by atomic mass is 33.1. The summed E-state index contributed by atoms with van der Waals surface area (Å²) in [4.78, 5) is 37.5. The zero-order valence-corrected chi connectivity index (χ0v) is 42.8. The van der Waals surface area contributed by atoms with Crippen molar-refractivity contribution in [2.75, 3.05) is 18.8 Å². The molecule has 12 heteroatoms. The molecule has 0 radical (unpaired) electrons. The summed E-state index contributed by atoms with van der Waals surface area (Å²) >= 11 is 0. The maximum Gasteiger partial charge on any atom is 0.306 e. The van der Waals surface area contributed by atoms with Gasteiger partial charge in [-0.25, -0.2) is 0 Å². The SMILES string of the molecule is CC(C)(C)c1cc(CCCn2ccc(=O)c(O)c2)cc(C(C)(C)C)c1O.Cc1ccc(C[C@H](CCCCCC[C@@H]2CCSS2)C(=O)O)cc1C.O=c1cc2[nH]c(c1)CNCCCCCNC2. The Kier molecular flexibility index (Phi) is 22.5. The van der Waals surface area contributed by atoms with Crippen LogP contribution in [0.25, 0.3) is 0 Å². The average molecular weight is 945 g/mol. The summed E-state index contributed by atoms with van der Waals surface area (Å²) in [6.07, 6.45) is 17.5. The molecule has 6 rings (SSSR count). The van der Waals surface area contributed by atoms with Crippen LogP contribution < -0.4 is 21.5 Å². The van der Waals surface area contributed by atoms with Crippen LogP contribution in [0, 0.1) is 19.8 Å². The second-order valence-electron chi connectivity index (χ2n) is 20.3. The summed E-state index contributed by atoms with van der Waals surface area (Å²) in [6.45, 7) is 21.1. The zero-order valence-electron chi connectivity index (χ0n) is 41.2. The number of fused-ring (bicyclic) bond motifs is 2. The van der Waals surface area contributed by atoms with Crippen molar-refractivity contribution >= 4 is 27.6 Å². The molecule has 2 aromatic carbocycles. The van der Waals surface area contributed by atoms with E-state index < -0.39 is 5.97 Å². The van der Waals surface area contributed by atoms with Crippen LogP contribution >= 0.6 is 21.6 Å². The number of hydrogen-bond donors (Lipinski definition) is 6. The second kappa shape index (κ2) is 27.1. The molecule has 0 aliphatic carbocycles. The van der Waals surface area contributed by atoms with Gasteiger partial charge in [-0.1, -0.05) is 126 Å². The van der Waals surface area contributed by atoms with Crippen molar-refractivity contribution in [3.05, 3.63) is 126 Å². The van der Waals surface area contributed by atoms with Gasteiger partial charge < -0.3 is 35.5 Å². The van der Waals surface area contributed by atoms with Gasteiger partial charge in [0.25, 0.3) is 0 Å². The summed E-state index contributed by atoms with van der Waals surface area (Å²) in [5.41, 5.74) is 8.23. The number of carboxylic acid groups (broad SMARTS) is 1. The lowest BCUT2D eigenvalue weighted by Gasteiger charge is -2.28. The smallest absolute Gasteiger partial charge is 0.306 e. The predicted molar refractivity (Wildman–Crippen MR) is 277 cm³/mol. The van der Waals surface area contributed by atoms with Gasteiger partial charge in [-0.05, 0) is 123 Å². The third-order valence-electron chi connectivity index (χ3n) is 12.4. The molecule has 2 atom stereocenters. The number of pyridine rings is 2. The van der Waals surface area contributed by atoms with E-state index in [1.165, 1.54) is 86.1 Å². The van der Waals surface area contributed by atoms with E-state index in [0.29, 0.717) is 18.7 Å². The Labute approximate surface area is 403 Å². The first-order valence-corrected chi connectivity index (χ1v) is 26.6. The number of aromatic hydroxyl groups is 2. The van der Waals surface area contributed by atoms with Gasteiger partial charge in [-0.3, -0.25) is 14.4 Å². The van der Waals surface area contributed by atoms with Gasteiger partial charge in [0, 0.05) is 72.6 Å². The molecule has 2 bridgehead atoms. The molecular weight excluding hydrogens is 865 g/mol. The van der Waals surface area contributed by atoms with E-state index in [9.17, 15) is 29.7 Å². The standard InChI is InChI=1S/C22H31NO3.C20H30O2S2.C12H19N3O/c1-21(2,3)16-12-15(13-17(20(16)26)22(4,5)6)8-7-10-23-11-9-18(24)19(25)14-23;1-15-9-10-17(13-16(15)2)14-18(20(21)22)7-5-3-4-6-8-19-11-12-23-24-19;16-12-6-10-8-13-4-2-1-3-5-14-9-11(7-12)15-10/h9,11-14,25-26H,7-8,10H2,1-6H3;9-10,13,18-19H,3-8,11-12,14H2,1-2H3,(H,21,22);6-7,13-14H,1-5,8-9H2,(H,15,16)/t;18-,19+;/m.0./s1. The minimum Gasteiger partial charge on any atom is -0.507 e. The van der Waals surface area contributed by atoms with Crippen LogP contribution in [0.5, 0.6) is 11.5 Å². The van der Waals surface area contributed by atoms with Gasteiger partial charge in [-0.15, -0.1) is 0 Å². The summed E-state index contributed by atoms with van der Waals surface area (Å²) in [5, 5.41) is 37.4. The number of unbranched alkanes of at least 4 members (excludes halogenated alkanes) is 3. The maximum absolute atomic E-state index is 11.5. The number of aliphatic carboxylic acids is 1. The molecule has 2 aromatic heterocycles. The summed E-state index contributed by atoms with van der Waals surface area (Å²) in [6, 6.07) is 15.2. The van der Waals surface area contributed by atoms with Crippen LogP contribution in [-0.4, -0.2) is 54.9 Å². The fourth-order valence-electron chi connectivity index (χ4n) is 8.28. The van der Waals surface area contributed by atoms with Crippen LogP contribution in [0.15, 0.2) is 70.5 Å². The summed E-state index contributed by atoms with van der Waals surface area (Å²) in [7, 11) is 4.07. The van der Waals surface area contributed by atoms with Crippen molar-refractivity contribution in [1.29, 1.82) is 0 Å². The molecule has 4 aromatic rings. The minimum absolute atomic E-state index is 0.0874. The quantitative estimate of drug-likeness (QED) is 0.0531. The molecule has 0 saturated carbocycles. The number of aromatic nitrogens is 2. The van der Waals surface area contributed by atoms with E-state index >= 15 is 0 Å². The van der Waals surface area contributed by atoms with Gasteiger partial charge in [0.2, 0.25) is 5.43 Å². The highest BCUT2D eigenvalue weighted by Crippen LogP contribution is 2.41. The molecule has 10 nitrogen and oxygen atoms in total. The first kappa shape index (κ1) is 54.6. The number of nitrogens with zero attached hydrogens (tertiary/aromatic N) is 1. The van der Waals surface area contributed by atoms with Crippen molar-refractivity contribution in [2.24, 2.45) is 5.92 Å². The number of H-pyrrole nitrogens is 1. The lowest BCUT2D eigenvalue weighted by molar-refractivity contribution is -0.142. The third kappa shape index (κ3) is 19.3. The first-order valence-electron chi connectivity index (χ1n) is 24.3. The van der Waals surface area contributed by atoms with Crippen molar-refractivity contribution in [2.45, 2.75) is 175 Å². The highest BCUT2D eigenvalue weighted by Gasteiger charge is 2.26. The number of aromatic amines is 1. The van der Waals surface area contributed by atoms with Gasteiger partial charge in [0.1, 0.15) is 5.75 Å². The van der Waals surface area contributed by atoms with Gasteiger partial charge in [0.05, 0.1) is 5.92 Å². The monoisotopic (exact) mass is 945 g/mol. The molecule has 1 saturated heterocycles. The number of phenols is 1. The lowest BCUT2D eigenvalue weighted by atomic mass is 9.78. The lowest BCUT2D eigenvalue weighted by Crippen LogP contribution is -2.22. The molecule has 364 valence electrons. The van der Waals surface area contributed by atoms with Crippen LogP contribution in [0.4, 0.5) is 0 Å². The third-order valence-corrected chi connectivity index (χ3v) is 15.4. The van der Waals surface area contributed by atoms with Crippen molar-refractivity contribution in [3.8, 4) is 11.5 Å². The van der Waals surface area contributed by atoms with Gasteiger partial charge in [0.15, 0.2) is 11.2 Å². The van der Waals surface area contributed by atoms with Crippen LogP contribution in [0.2, 0.25) is 0 Å². The number of aryl methyl sites for hydroxylation is 4. The fraction of sp³-hybridized carbons (Fsp3) is 0.574. The van der Waals surface area contributed by atoms with E-state index in [1.807, 2.05) is 15.4 Å². The molecule has 6 N–H and O–H groups in total. The minimum atomic E-state index is -0.646. The van der Waals surface area contributed by atoms with Gasteiger partial charge in [-0.2, -0.15) is 0 Å². The fourth-order valence-corrected chi connectivity index (χ4v) is 11.3. The van der Waals surface area contributed by atoms with Crippen LogP contribution in [-0.2, 0) is 48.1 Å². The summed E-state index contributed by atoms with van der Waals surface area (Å²) in [5.74, 6) is 0.608. The first-order chi connectivity index (χ1) is 31.3. The number of carboxylic acids is 1. The van der Waals surface area contributed by atoms with Gasteiger partial charge >= 0.3 is 5.97 Å². The van der Waals surface area contributed by atoms with Crippen LogP contribution in [0.3, 0.4) is 0 Å². The van der Waals surface area contributed by atoms with E-state index in [2.05, 4.69) is 112 Å². The molecular formula is C54H80N4O6S2. The molecule has 0 unspecified atom stereocenters. The number of rotatable bonds is 14. The Morgan fingerprint density at radius 1 is 0.788 bits per heavy atom. The topological polar surface area (TPSA) is 157 Å². The van der Waals surface area contributed by atoms with E-state index in [-0.39, 0.29) is 33.4 Å². The Morgan fingerprint density at radius 2 is 1.42 bits per heavy atom. The molecule has 2 aliphatic rings. The van der Waals surface area contributed by atoms with Crippen molar-refractivity contribution in [1.82, 2.24) is 20.2 Å². The normalized spacial score (nSPS) is 16.2. The number of carbonyl (C=O) groups is 1. The molecule has 0 amide bonds. The molecule has 66 heavy (non-hydrogen) atoms. The van der Waals surface area contributed by atoms with E-state index in [4.69, 9.17) is 0 Å². The Hall–Kier alpha value is -3.97. The zero-order chi connectivity index (χ0) is 48.3. The Morgan fingerprint density at radius 3 is 1.98 bits per heavy atom. The largest absolute Gasteiger partial charge is 0.507 e. The number of nitrogens with one attached hydrogen (secondary N) is 3. The number of benzene rings is 2. The van der Waals surface area contributed by atoms with Crippen LogP contribution in [0.1, 0.15) is 157 Å². The average Bonchev–Trinajstić information content (AvgIpc) is 3.77. The Balaban J connectivity index is 0.000000222. The molecule has 4 heterocycles. The Bertz CT molecular complexity index is 2170. The molecule has 1 fully saturated rings. The maximum atomic E-state index is 11.5. The second-order valence-corrected chi connectivity index (χ2v) is 23.1. The van der Waals surface area contributed by atoms with E-state index in [0.717, 1.165) is 85.2 Å². The van der Waals surface area contributed by atoms with Crippen molar-refractivity contribution in [3.63, 3.8) is 0 Å². The highest BCUT2D eigenvalue weighted by molar-refractivity contribution is 8.77. The molecule has 2 aliphatic heterocycles. The number of phenolic OH excluding ortho intramolecular Hbond substituents is 1. The van der Waals surface area contributed by atoms with Crippen molar-refractivity contribution < 1.29 is 20.1 Å².